The van der Waals surface area contributed by atoms with Crippen molar-refractivity contribution in [3.8, 4) is 0 Å². The first-order valence-corrected chi connectivity index (χ1v) is 8.41. The van der Waals surface area contributed by atoms with E-state index in [1.807, 2.05) is 0 Å². The van der Waals surface area contributed by atoms with Gasteiger partial charge in [-0.3, -0.25) is 14.5 Å². The van der Waals surface area contributed by atoms with Crippen LogP contribution in [-0.2, 0) is 4.79 Å². The Hall–Kier alpha value is -2.76. The fourth-order valence-electron chi connectivity index (χ4n) is 2.71. The van der Waals surface area contributed by atoms with Crippen LogP contribution in [0.2, 0.25) is 0 Å². The highest BCUT2D eigenvalue weighted by atomic mass is 19.3. The minimum absolute atomic E-state index is 0.277. The highest BCUT2D eigenvalue weighted by Gasteiger charge is 2.34. The molecule has 2 rings (SSSR count). The Balaban J connectivity index is 2.43. The van der Waals surface area contributed by atoms with E-state index in [9.17, 15) is 18.4 Å². The SMILES string of the molecule is CC(C)C(C(=O)NCC(F)F)N(C(=O)c1ccccc1)c1ccccc1. The molecule has 0 aliphatic rings. The molecule has 0 fully saturated rings. The van der Waals surface area contributed by atoms with Gasteiger partial charge in [0.15, 0.2) is 0 Å². The first-order chi connectivity index (χ1) is 12.4. The van der Waals surface area contributed by atoms with Crippen molar-refractivity contribution in [2.24, 2.45) is 5.92 Å². The monoisotopic (exact) mass is 360 g/mol. The topological polar surface area (TPSA) is 49.4 Å². The number of benzene rings is 2. The van der Waals surface area contributed by atoms with E-state index < -0.39 is 24.9 Å². The number of amides is 2. The number of carbonyl (C=O) groups excluding carboxylic acids is 2. The van der Waals surface area contributed by atoms with Gasteiger partial charge in [0.25, 0.3) is 12.3 Å². The Bertz CT molecular complexity index is 721. The number of hydrogen-bond donors (Lipinski definition) is 1. The Morgan fingerprint density at radius 2 is 1.50 bits per heavy atom. The molecule has 0 saturated heterocycles. The average molecular weight is 360 g/mol. The van der Waals surface area contributed by atoms with Crippen LogP contribution in [0.1, 0.15) is 24.2 Å². The highest BCUT2D eigenvalue weighted by Crippen LogP contribution is 2.24. The van der Waals surface area contributed by atoms with Crippen molar-refractivity contribution in [3.05, 3.63) is 66.2 Å². The van der Waals surface area contributed by atoms with Gasteiger partial charge in [-0.2, -0.15) is 0 Å². The number of carbonyl (C=O) groups is 2. The summed E-state index contributed by atoms with van der Waals surface area (Å²) in [7, 11) is 0. The van der Waals surface area contributed by atoms with Crippen LogP contribution in [0.25, 0.3) is 0 Å². The largest absolute Gasteiger partial charge is 0.349 e. The molecule has 4 nitrogen and oxygen atoms in total. The zero-order valence-electron chi connectivity index (χ0n) is 14.7. The van der Waals surface area contributed by atoms with E-state index in [2.05, 4.69) is 5.32 Å². The third kappa shape index (κ3) is 4.88. The predicted molar refractivity (Wildman–Crippen MR) is 97.3 cm³/mol. The fraction of sp³-hybridized carbons (Fsp3) is 0.300. The summed E-state index contributed by atoms with van der Waals surface area (Å²) >= 11 is 0. The number of halogens is 2. The average Bonchev–Trinajstić information content (AvgIpc) is 2.64. The first kappa shape index (κ1) is 19.6. The van der Waals surface area contributed by atoms with E-state index >= 15 is 0 Å². The van der Waals surface area contributed by atoms with Crippen molar-refractivity contribution < 1.29 is 18.4 Å². The zero-order chi connectivity index (χ0) is 19.1. The van der Waals surface area contributed by atoms with Crippen molar-refractivity contribution in [1.82, 2.24) is 5.32 Å². The molecule has 0 bridgehead atoms. The van der Waals surface area contributed by atoms with Crippen LogP contribution in [-0.4, -0.2) is 30.8 Å². The predicted octanol–water partition coefficient (Wildman–Crippen LogP) is 3.74. The minimum atomic E-state index is -2.65. The summed E-state index contributed by atoms with van der Waals surface area (Å²) in [6.07, 6.45) is -2.65. The molecule has 26 heavy (non-hydrogen) atoms. The number of nitrogens with one attached hydrogen (secondary N) is 1. The molecule has 0 spiro atoms. The van der Waals surface area contributed by atoms with Crippen LogP contribution >= 0.6 is 0 Å². The first-order valence-electron chi connectivity index (χ1n) is 8.41. The van der Waals surface area contributed by atoms with Crippen molar-refractivity contribution >= 4 is 17.5 Å². The number of hydrogen-bond acceptors (Lipinski definition) is 2. The number of nitrogens with zero attached hydrogens (tertiary/aromatic N) is 1. The van der Waals surface area contributed by atoms with Gasteiger partial charge in [0.2, 0.25) is 5.91 Å². The molecule has 0 aliphatic carbocycles. The van der Waals surface area contributed by atoms with Crippen LogP contribution in [0.15, 0.2) is 60.7 Å². The highest BCUT2D eigenvalue weighted by molar-refractivity contribution is 6.09. The molecule has 0 heterocycles. The van der Waals surface area contributed by atoms with Gasteiger partial charge in [-0.1, -0.05) is 50.2 Å². The lowest BCUT2D eigenvalue weighted by Crippen LogP contribution is -2.53. The summed E-state index contributed by atoms with van der Waals surface area (Å²) in [5.41, 5.74) is 0.955. The van der Waals surface area contributed by atoms with Crippen LogP contribution in [0.4, 0.5) is 14.5 Å². The van der Waals surface area contributed by atoms with Gasteiger partial charge in [-0.25, -0.2) is 8.78 Å². The van der Waals surface area contributed by atoms with E-state index in [0.29, 0.717) is 11.3 Å². The van der Waals surface area contributed by atoms with E-state index in [-0.39, 0.29) is 11.8 Å². The van der Waals surface area contributed by atoms with Crippen LogP contribution in [0.3, 0.4) is 0 Å². The van der Waals surface area contributed by atoms with E-state index in [4.69, 9.17) is 0 Å². The van der Waals surface area contributed by atoms with E-state index in [1.54, 1.807) is 74.5 Å². The second-order valence-electron chi connectivity index (χ2n) is 6.20. The minimum Gasteiger partial charge on any atom is -0.349 e. The maximum atomic E-state index is 13.1. The molecule has 1 atom stereocenters. The maximum absolute atomic E-state index is 13.1. The molecular weight excluding hydrogens is 338 g/mol. The standard InChI is InChI=1S/C20H22F2N2O2/c1-14(2)18(19(25)23-13-17(21)22)24(16-11-7-4-8-12-16)20(26)15-9-5-3-6-10-15/h3-12,14,17-18H,13H2,1-2H3,(H,23,25). The third-order valence-electron chi connectivity index (χ3n) is 3.88. The number of rotatable bonds is 7. The molecule has 6 heteroatoms. The zero-order valence-corrected chi connectivity index (χ0v) is 14.7. The molecular formula is C20H22F2N2O2. The summed E-state index contributed by atoms with van der Waals surface area (Å²) in [4.78, 5) is 27.1. The Kier molecular flexibility index (Phi) is 6.83. The summed E-state index contributed by atoms with van der Waals surface area (Å²) in [5.74, 6) is -1.24. The van der Waals surface area contributed by atoms with Crippen LogP contribution < -0.4 is 10.2 Å². The van der Waals surface area contributed by atoms with Gasteiger partial charge in [0, 0.05) is 11.3 Å². The molecule has 1 N–H and O–H groups in total. The molecule has 2 amide bonds. The van der Waals surface area contributed by atoms with Crippen molar-refractivity contribution in [2.45, 2.75) is 26.3 Å². The van der Waals surface area contributed by atoms with Crippen molar-refractivity contribution in [3.63, 3.8) is 0 Å². The molecule has 2 aromatic carbocycles. The lowest BCUT2D eigenvalue weighted by atomic mass is 9.99. The van der Waals surface area contributed by atoms with Crippen molar-refractivity contribution in [2.75, 3.05) is 11.4 Å². The summed E-state index contributed by atoms with van der Waals surface area (Å²) in [6.45, 7) is 2.81. The summed E-state index contributed by atoms with van der Waals surface area (Å²) < 4.78 is 25.0. The normalized spacial score (nSPS) is 12.1. The second-order valence-corrected chi connectivity index (χ2v) is 6.20. The Labute approximate surface area is 151 Å². The molecule has 0 aliphatic heterocycles. The van der Waals surface area contributed by atoms with Gasteiger partial charge < -0.3 is 5.32 Å². The molecule has 0 radical (unpaired) electrons. The number of para-hydroxylation sites is 1. The Morgan fingerprint density at radius 1 is 0.962 bits per heavy atom. The molecule has 1 unspecified atom stereocenters. The quantitative estimate of drug-likeness (QED) is 0.818. The van der Waals surface area contributed by atoms with Crippen LogP contribution in [0, 0.1) is 5.92 Å². The lowest BCUT2D eigenvalue weighted by molar-refractivity contribution is -0.123. The number of alkyl halides is 2. The van der Waals surface area contributed by atoms with Gasteiger partial charge >= 0.3 is 0 Å². The van der Waals surface area contributed by atoms with Gasteiger partial charge in [0.1, 0.15) is 6.04 Å². The van der Waals surface area contributed by atoms with E-state index in [0.717, 1.165) is 0 Å². The fourth-order valence-corrected chi connectivity index (χ4v) is 2.71. The smallest absolute Gasteiger partial charge is 0.259 e. The van der Waals surface area contributed by atoms with E-state index in [1.165, 1.54) is 4.90 Å². The summed E-state index contributed by atoms with van der Waals surface area (Å²) in [6, 6.07) is 16.4. The van der Waals surface area contributed by atoms with Crippen molar-refractivity contribution in [1.29, 1.82) is 0 Å². The van der Waals surface area contributed by atoms with Gasteiger partial charge in [-0.05, 0) is 30.2 Å². The molecule has 138 valence electrons. The Morgan fingerprint density at radius 3 is 2.00 bits per heavy atom. The molecule has 2 aromatic rings. The molecule has 0 aromatic heterocycles. The van der Waals surface area contributed by atoms with Crippen LogP contribution in [0.5, 0.6) is 0 Å². The summed E-state index contributed by atoms with van der Waals surface area (Å²) in [5, 5.41) is 2.24. The number of anilines is 1. The van der Waals surface area contributed by atoms with Gasteiger partial charge in [-0.15, -0.1) is 0 Å². The lowest BCUT2D eigenvalue weighted by Gasteiger charge is -2.33. The second kappa shape index (κ2) is 9.08. The molecule has 0 saturated carbocycles. The maximum Gasteiger partial charge on any atom is 0.259 e. The third-order valence-corrected chi connectivity index (χ3v) is 3.88. The van der Waals surface area contributed by atoms with Gasteiger partial charge in [0.05, 0.1) is 6.54 Å².